The van der Waals surface area contributed by atoms with Gasteiger partial charge in [-0.25, -0.2) is 0 Å². The Hall–Kier alpha value is -1.30. The lowest BCUT2D eigenvalue weighted by atomic mass is 10.6. The normalized spacial score (nSPS) is 9.08. The number of hydrogen-bond acceptors (Lipinski definition) is 4. The maximum Gasteiger partial charge on any atom is 0.327 e. The average Bonchev–Trinajstić information content (AvgIpc) is 2.01. The van der Waals surface area contributed by atoms with Gasteiger partial charge in [-0.05, 0) is 6.92 Å². The highest BCUT2D eigenvalue weighted by Crippen LogP contribution is 1.78. The van der Waals surface area contributed by atoms with Crippen molar-refractivity contribution >= 4 is 11.9 Å². The summed E-state index contributed by atoms with van der Waals surface area (Å²) in [5, 5.41) is 9.03. The van der Waals surface area contributed by atoms with Crippen molar-refractivity contribution in [3.63, 3.8) is 0 Å². The summed E-state index contributed by atoms with van der Waals surface area (Å²) < 4.78 is 9.31. The number of esters is 1. The first-order valence-electron chi connectivity index (χ1n) is 3.48. The van der Waals surface area contributed by atoms with Gasteiger partial charge in [0.15, 0.2) is 12.8 Å². The molecule has 0 saturated heterocycles. The van der Waals surface area contributed by atoms with Crippen molar-refractivity contribution in [1.29, 1.82) is 5.41 Å². The lowest BCUT2D eigenvalue weighted by molar-refractivity contribution is -0.154. The molecule has 6 nitrogen and oxygen atoms in total. The molecule has 70 valence electrons. The number of hydrogen-bond donors (Lipinski definition) is 3. The van der Waals surface area contributed by atoms with E-state index >= 15 is 0 Å². The number of rotatable bonds is 5. The van der Waals surface area contributed by atoms with Crippen LogP contribution in [0, 0.1) is 5.41 Å². The van der Waals surface area contributed by atoms with Crippen LogP contribution in [-0.4, -0.2) is 31.9 Å². The molecule has 12 heavy (non-hydrogen) atoms. The largest absolute Gasteiger partial charge is 0.437 e. The first kappa shape index (κ1) is 10.7. The highest BCUT2D eigenvalue weighted by Gasteiger charge is 2.00. The molecule has 0 unspecified atom stereocenters. The van der Waals surface area contributed by atoms with E-state index in [4.69, 9.17) is 15.9 Å². The van der Waals surface area contributed by atoms with Crippen LogP contribution < -0.4 is 11.1 Å². The number of ether oxygens (including phenoxy) is 2. The molecule has 0 heterocycles. The summed E-state index contributed by atoms with van der Waals surface area (Å²) in [7, 11) is 0. The molecule has 0 aliphatic heterocycles. The Kier molecular flexibility index (Phi) is 5.72. The molecule has 0 aromatic rings. The monoisotopic (exact) mass is 175 g/mol. The van der Waals surface area contributed by atoms with Crippen LogP contribution in [0.5, 0.6) is 0 Å². The highest BCUT2D eigenvalue weighted by atomic mass is 16.7. The maximum absolute atomic E-state index is 10.7. The van der Waals surface area contributed by atoms with Crippen LogP contribution in [0.3, 0.4) is 0 Å². The van der Waals surface area contributed by atoms with Crippen LogP contribution in [0.4, 0.5) is 0 Å². The number of carbonyl (C=O) groups is 1. The van der Waals surface area contributed by atoms with Crippen molar-refractivity contribution in [3.8, 4) is 0 Å². The van der Waals surface area contributed by atoms with Gasteiger partial charge >= 0.3 is 5.97 Å². The quantitative estimate of drug-likeness (QED) is 0.164. The zero-order valence-corrected chi connectivity index (χ0v) is 6.92. The summed E-state index contributed by atoms with van der Waals surface area (Å²) in [6.45, 7) is 2.12. The lowest BCUT2D eigenvalue weighted by Gasteiger charge is -2.04. The van der Waals surface area contributed by atoms with Gasteiger partial charge in [0.1, 0.15) is 6.54 Å². The molecule has 0 radical (unpaired) electrons. The minimum Gasteiger partial charge on any atom is -0.437 e. The van der Waals surface area contributed by atoms with Crippen LogP contribution in [0.2, 0.25) is 0 Å². The lowest BCUT2D eigenvalue weighted by Crippen LogP contribution is -2.35. The average molecular weight is 175 g/mol. The fraction of sp³-hybridized carbons (Fsp3) is 0.667. The third kappa shape index (κ3) is 6.81. The van der Waals surface area contributed by atoms with E-state index in [1.54, 1.807) is 6.92 Å². The third-order valence-corrected chi connectivity index (χ3v) is 0.931. The Morgan fingerprint density at radius 1 is 1.67 bits per heavy atom. The van der Waals surface area contributed by atoms with Crippen molar-refractivity contribution in [3.05, 3.63) is 0 Å². The fourth-order valence-corrected chi connectivity index (χ4v) is 0.409. The van der Waals surface area contributed by atoms with E-state index in [1.165, 1.54) is 0 Å². The Morgan fingerprint density at radius 2 is 2.33 bits per heavy atom. The predicted molar refractivity (Wildman–Crippen MR) is 42.5 cm³/mol. The minimum atomic E-state index is -0.501. The van der Waals surface area contributed by atoms with E-state index < -0.39 is 5.97 Å². The second-order valence-electron chi connectivity index (χ2n) is 1.89. The molecule has 0 aliphatic rings. The Labute approximate surface area is 70.5 Å². The molecule has 0 atom stereocenters. The topological polar surface area (TPSA) is 97.4 Å². The van der Waals surface area contributed by atoms with Gasteiger partial charge in [-0.3, -0.25) is 10.2 Å². The van der Waals surface area contributed by atoms with Crippen LogP contribution >= 0.6 is 0 Å². The molecular weight excluding hydrogens is 162 g/mol. The van der Waals surface area contributed by atoms with E-state index in [1.807, 2.05) is 0 Å². The summed E-state index contributed by atoms with van der Waals surface area (Å²) in [5.41, 5.74) is 4.93. The van der Waals surface area contributed by atoms with Crippen molar-refractivity contribution in [1.82, 2.24) is 5.32 Å². The Bertz CT molecular complexity index is 160. The number of carbonyl (C=O) groups excluding carboxylic acids is 1. The standard InChI is InChI=1S/C6H13N3O3/c1-2-11-4-12-5(10)3-9-6(7)8/h2-4H2,1H3,(H4,7,8,9). The van der Waals surface area contributed by atoms with Gasteiger partial charge in [-0.15, -0.1) is 0 Å². The second kappa shape index (κ2) is 6.41. The van der Waals surface area contributed by atoms with E-state index in [2.05, 4.69) is 10.1 Å². The van der Waals surface area contributed by atoms with Crippen LogP contribution in [0.1, 0.15) is 6.92 Å². The van der Waals surface area contributed by atoms with Gasteiger partial charge < -0.3 is 20.5 Å². The van der Waals surface area contributed by atoms with Gasteiger partial charge in [0, 0.05) is 6.61 Å². The highest BCUT2D eigenvalue weighted by molar-refractivity contribution is 5.80. The molecule has 0 spiro atoms. The number of nitrogens with one attached hydrogen (secondary N) is 2. The molecule has 0 aliphatic carbocycles. The molecule has 6 heteroatoms. The maximum atomic E-state index is 10.7. The molecule has 0 aromatic carbocycles. The van der Waals surface area contributed by atoms with E-state index in [-0.39, 0.29) is 19.3 Å². The summed E-state index contributed by atoms with van der Waals surface area (Å²) >= 11 is 0. The number of nitrogens with two attached hydrogens (primary N) is 1. The van der Waals surface area contributed by atoms with E-state index in [0.717, 1.165) is 0 Å². The summed E-state index contributed by atoms with van der Waals surface area (Å²) in [5.74, 6) is -0.762. The van der Waals surface area contributed by atoms with Gasteiger partial charge in [0.2, 0.25) is 0 Å². The molecule has 0 rings (SSSR count). The smallest absolute Gasteiger partial charge is 0.327 e. The molecule has 0 amide bonds. The van der Waals surface area contributed by atoms with Gasteiger partial charge in [0.05, 0.1) is 0 Å². The van der Waals surface area contributed by atoms with Crippen LogP contribution in [0.15, 0.2) is 0 Å². The Morgan fingerprint density at radius 3 is 2.83 bits per heavy atom. The zero-order valence-electron chi connectivity index (χ0n) is 6.92. The fourth-order valence-electron chi connectivity index (χ4n) is 0.409. The molecule has 0 aromatic heterocycles. The Balaban J connectivity index is 3.28. The zero-order chi connectivity index (χ0) is 9.40. The second-order valence-corrected chi connectivity index (χ2v) is 1.89. The molecule has 0 saturated carbocycles. The summed E-state index contributed by atoms with van der Waals surface area (Å²) in [4.78, 5) is 10.7. The molecule has 0 fully saturated rings. The van der Waals surface area contributed by atoms with Gasteiger partial charge in [0.25, 0.3) is 0 Å². The predicted octanol–water partition coefficient (Wildman–Crippen LogP) is -0.993. The van der Waals surface area contributed by atoms with Crippen LogP contribution in [-0.2, 0) is 14.3 Å². The van der Waals surface area contributed by atoms with Crippen molar-refractivity contribution in [2.75, 3.05) is 19.9 Å². The van der Waals surface area contributed by atoms with Crippen molar-refractivity contribution in [2.45, 2.75) is 6.92 Å². The van der Waals surface area contributed by atoms with Crippen molar-refractivity contribution < 1.29 is 14.3 Å². The van der Waals surface area contributed by atoms with E-state index in [0.29, 0.717) is 6.61 Å². The molecular formula is C6H13N3O3. The third-order valence-electron chi connectivity index (χ3n) is 0.931. The SMILES string of the molecule is CCOCOC(=O)CNC(=N)N. The van der Waals surface area contributed by atoms with E-state index in [9.17, 15) is 4.79 Å². The summed E-state index contributed by atoms with van der Waals surface area (Å²) in [6.07, 6.45) is 0. The minimum absolute atomic E-state index is 0.0606. The van der Waals surface area contributed by atoms with Gasteiger partial charge in [-0.2, -0.15) is 0 Å². The van der Waals surface area contributed by atoms with Gasteiger partial charge in [-0.1, -0.05) is 0 Å². The number of guanidine groups is 1. The molecule has 0 bridgehead atoms. The van der Waals surface area contributed by atoms with Crippen molar-refractivity contribution in [2.24, 2.45) is 5.73 Å². The van der Waals surface area contributed by atoms with Crippen LogP contribution in [0.25, 0.3) is 0 Å². The first-order valence-corrected chi connectivity index (χ1v) is 3.48. The first-order chi connectivity index (χ1) is 5.66. The molecule has 4 N–H and O–H groups in total. The summed E-state index contributed by atoms with van der Waals surface area (Å²) in [6, 6.07) is 0.